The normalized spacial score (nSPS) is 19.2. The molecule has 152 valence electrons. The molecule has 0 unspecified atom stereocenters. The number of pyridine rings is 1. The number of piperidine rings is 1. The molecule has 2 aromatic rings. The van der Waals surface area contributed by atoms with E-state index in [2.05, 4.69) is 23.2 Å². The maximum atomic E-state index is 12.7. The van der Waals surface area contributed by atoms with Crippen molar-refractivity contribution in [3.63, 3.8) is 0 Å². The molecule has 1 saturated heterocycles. The Hall–Kier alpha value is -2.69. The molecule has 1 aliphatic carbocycles. The van der Waals surface area contributed by atoms with Crippen LogP contribution < -0.4 is 5.73 Å². The zero-order valence-corrected chi connectivity index (χ0v) is 16.8. The fourth-order valence-electron chi connectivity index (χ4n) is 4.88. The van der Waals surface area contributed by atoms with Crippen molar-refractivity contribution in [2.24, 2.45) is 17.1 Å². The van der Waals surface area contributed by atoms with E-state index in [9.17, 15) is 9.59 Å². The third kappa shape index (κ3) is 4.19. The van der Waals surface area contributed by atoms with Crippen LogP contribution >= 0.6 is 0 Å². The summed E-state index contributed by atoms with van der Waals surface area (Å²) in [6, 6.07) is 12.2. The summed E-state index contributed by atoms with van der Waals surface area (Å²) in [7, 11) is 0. The number of primary amides is 1. The summed E-state index contributed by atoms with van der Waals surface area (Å²) < 4.78 is 0. The Kier molecular flexibility index (Phi) is 5.65. The lowest BCUT2D eigenvalue weighted by molar-refractivity contribution is -0.141. The minimum Gasteiger partial charge on any atom is -0.369 e. The standard InChI is InChI=1S/C24H29N3O2/c25-23(29)24(10-13-27(14-11-24)22(28)19-6-1-2-7-19)16-18-5-3-8-20(15-18)21-9-4-12-26-17-21/h3-5,8-9,12,15,17,19H,1-2,6-7,10-11,13-14,16H2,(H2,25,29). The van der Waals surface area contributed by atoms with Crippen LogP contribution in [0.5, 0.6) is 0 Å². The van der Waals surface area contributed by atoms with E-state index in [1.165, 1.54) is 0 Å². The monoisotopic (exact) mass is 391 g/mol. The van der Waals surface area contributed by atoms with Crippen LogP contribution in [0.3, 0.4) is 0 Å². The first-order valence-electron chi connectivity index (χ1n) is 10.7. The second-order valence-electron chi connectivity index (χ2n) is 8.57. The van der Waals surface area contributed by atoms with E-state index < -0.39 is 5.41 Å². The van der Waals surface area contributed by atoms with E-state index in [0.717, 1.165) is 42.4 Å². The fraction of sp³-hybridized carbons (Fsp3) is 0.458. The molecule has 0 atom stereocenters. The van der Waals surface area contributed by atoms with Gasteiger partial charge in [-0.05, 0) is 54.9 Å². The van der Waals surface area contributed by atoms with Crippen molar-refractivity contribution in [1.29, 1.82) is 0 Å². The molecule has 2 fully saturated rings. The summed E-state index contributed by atoms with van der Waals surface area (Å²) in [4.78, 5) is 31.4. The smallest absolute Gasteiger partial charge is 0.225 e. The molecule has 1 aromatic heterocycles. The second kappa shape index (κ2) is 8.36. The quantitative estimate of drug-likeness (QED) is 0.846. The summed E-state index contributed by atoms with van der Waals surface area (Å²) in [5.41, 5.74) is 8.55. The molecule has 2 aliphatic rings. The Morgan fingerprint density at radius 3 is 2.45 bits per heavy atom. The molecule has 0 bridgehead atoms. The largest absolute Gasteiger partial charge is 0.369 e. The minimum absolute atomic E-state index is 0.187. The highest BCUT2D eigenvalue weighted by molar-refractivity contribution is 5.83. The highest BCUT2D eigenvalue weighted by atomic mass is 16.2. The van der Waals surface area contributed by atoms with Crippen LogP contribution in [0.4, 0.5) is 0 Å². The van der Waals surface area contributed by atoms with Gasteiger partial charge in [-0.3, -0.25) is 14.6 Å². The van der Waals surface area contributed by atoms with Gasteiger partial charge in [0.15, 0.2) is 0 Å². The lowest BCUT2D eigenvalue weighted by Crippen LogP contribution is -2.50. The lowest BCUT2D eigenvalue weighted by Gasteiger charge is -2.40. The van der Waals surface area contributed by atoms with E-state index in [4.69, 9.17) is 5.73 Å². The van der Waals surface area contributed by atoms with Crippen LogP contribution in [0.2, 0.25) is 0 Å². The molecular weight excluding hydrogens is 362 g/mol. The van der Waals surface area contributed by atoms with E-state index in [-0.39, 0.29) is 17.7 Å². The van der Waals surface area contributed by atoms with Crippen molar-refractivity contribution < 1.29 is 9.59 Å². The third-order valence-corrected chi connectivity index (χ3v) is 6.72. The van der Waals surface area contributed by atoms with Gasteiger partial charge in [0, 0.05) is 31.4 Å². The zero-order valence-electron chi connectivity index (χ0n) is 16.8. The number of carbonyl (C=O) groups excluding carboxylic acids is 2. The number of hydrogen-bond acceptors (Lipinski definition) is 3. The molecule has 2 heterocycles. The lowest BCUT2D eigenvalue weighted by atomic mass is 9.73. The van der Waals surface area contributed by atoms with Crippen LogP contribution in [0, 0.1) is 11.3 Å². The van der Waals surface area contributed by atoms with E-state index in [1.54, 1.807) is 6.20 Å². The zero-order chi connectivity index (χ0) is 20.3. The summed E-state index contributed by atoms with van der Waals surface area (Å²) in [5.74, 6) is 0.212. The first-order valence-corrected chi connectivity index (χ1v) is 10.7. The Bertz CT molecular complexity index is 867. The number of amides is 2. The van der Waals surface area contributed by atoms with E-state index >= 15 is 0 Å². The molecule has 29 heavy (non-hydrogen) atoms. The van der Waals surface area contributed by atoms with Crippen molar-refractivity contribution in [1.82, 2.24) is 9.88 Å². The summed E-state index contributed by atoms with van der Waals surface area (Å²) in [5, 5.41) is 0. The number of nitrogens with two attached hydrogens (primary N) is 1. The number of aromatic nitrogens is 1. The molecule has 5 heteroatoms. The Morgan fingerprint density at radius 2 is 1.79 bits per heavy atom. The molecule has 0 radical (unpaired) electrons. The SMILES string of the molecule is NC(=O)C1(Cc2cccc(-c3cccnc3)c2)CCN(C(=O)C2CCCC2)CC1. The second-order valence-corrected chi connectivity index (χ2v) is 8.57. The first kappa shape index (κ1) is 19.6. The highest BCUT2D eigenvalue weighted by Crippen LogP contribution is 2.37. The van der Waals surface area contributed by atoms with Gasteiger partial charge in [-0.2, -0.15) is 0 Å². The predicted molar refractivity (Wildman–Crippen MR) is 113 cm³/mol. The first-order chi connectivity index (χ1) is 14.1. The van der Waals surface area contributed by atoms with Crippen LogP contribution in [0.15, 0.2) is 48.8 Å². The van der Waals surface area contributed by atoms with Crippen molar-refractivity contribution in [2.75, 3.05) is 13.1 Å². The number of rotatable bonds is 5. The average Bonchev–Trinajstić information content (AvgIpc) is 3.29. The van der Waals surface area contributed by atoms with Crippen molar-refractivity contribution >= 4 is 11.8 Å². The molecule has 2 N–H and O–H groups in total. The van der Waals surface area contributed by atoms with Crippen molar-refractivity contribution in [3.8, 4) is 11.1 Å². The highest BCUT2D eigenvalue weighted by Gasteiger charge is 2.42. The fourth-order valence-corrected chi connectivity index (χ4v) is 4.88. The molecule has 1 aliphatic heterocycles. The van der Waals surface area contributed by atoms with Gasteiger partial charge in [0.05, 0.1) is 5.41 Å². The van der Waals surface area contributed by atoms with Gasteiger partial charge in [-0.15, -0.1) is 0 Å². The Labute approximate surface area is 172 Å². The van der Waals surface area contributed by atoms with Crippen molar-refractivity contribution in [3.05, 3.63) is 54.4 Å². The number of carbonyl (C=O) groups is 2. The molecule has 1 saturated carbocycles. The van der Waals surface area contributed by atoms with Crippen LogP contribution in [-0.2, 0) is 16.0 Å². The summed E-state index contributed by atoms with van der Waals surface area (Å²) in [6.45, 7) is 1.25. The van der Waals surface area contributed by atoms with E-state index in [1.807, 2.05) is 29.3 Å². The molecule has 5 nitrogen and oxygen atoms in total. The van der Waals surface area contributed by atoms with Gasteiger partial charge >= 0.3 is 0 Å². The van der Waals surface area contributed by atoms with Crippen LogP contribution in [0.25, 0.3) is 11.1 Å². The summed E-state index contributed by atoms with van der Waals surface area (Å²) in [6.07, 6.45) is 9.82. The van der Waals surface area contributed by atoms with Crippen LogP contribution in [0.1, 0.15) is 44.1 Å². The molecular formula is C24H29N3O2. The molecule has 2 amide bonds. The number of benzene rings is 1. The number of likely N-dealkylation sites (tertiary alicyclic amines) is 1. The van der Waals surface area contributed by atoms with Gasteiger partial charge in [0.2, 0.25) is 11.8 Å². The van der Waals surface area contributed by atoms with Gasteiger partial charge in [-0.25, -0.2) is 0 Å². The van der Waals surface area contributed by atoms with E-state index in [0.29, 0.717) is 32.4 Å². The molecule has 1 aromatic carbocycles. The maximum Gasteiger partial charge on any atom is 0.225 e. The van der Waals surface area contributed by atoms with Gasteiger partial charge in [0.25, 0.3) is 0 Å². The number of hydrogen-bond donors (Lipinski definition) is 1. The molecule has 4 rings (SSSR count). The molecule has 0 spiro atoms. The van der Waals surface area contributed by atoms with Gasteiger partial charge < -0.3 is 10.6 Å². The maximum absolute atomic E-state index is 12.7. The topological polar surface area (TPSA) is 76.3 Å². The van der Waals surface area contributed by atoms with Crippen molar-refractivity contribution in [2.45, 2.75) is 44.9 Å². The Morgan fingerprint density at radius 1 is 1.07 bits per heavy atom. The Balaban J connectivity index is 1.48. The number of nitrogens with zero attached hydrogens (tertiary/aromatic N) is 2. The summed E-state index contributed by atoms with van der Waals surface area (Å²) >= 11 is 0. The predicted octanol–water partition coefficient (Wildman–Crippen LogP) is 3.58. The van der Waals surface area contributed by atoms with Crippen LogP contribution in [-0.4, -0.2) is 34.8 Å². The van der Waals surface area contributed by atoms with Gasteiger partial charge in [0.1, 0.15) is 0 Å². The minimum atomic E-state index is -0.583. The average molecular weight is 392 g/mol. The third-order valence-electron chi connectivity index (χ3n) is 6.72. The van der Waals surface area contributed by atoms with Gasteiger partial charge in [-0.1, -0.05) is 43.2 Å².